The van der Waals surface area contributed by atoms with Crippen LogP contribution in [0.5, 0.6) is 0 Å². The number of furan rings is 1. The Morgan fingerprint density at radius 2 is 2.04 bits per heavy atom. The molecule has 3 aromatic heterocycles. The van der Waals surface area contributed by atoms with E-state index in [9.17, 15) is 9.59 Å². The van der Waals surface area contributed by atoms with Gasteiger partial charge in [-0.1, -0.05) is 18.2 Å². The molecule has 0 aliphatic carbocycles. The maximum absolute atomic E-state index is 12.4. The second-order valence-corrected chi connectivity index (χ2v) is 6.60. The van der Waals surface area contributed by atoms with Gasteiger partial charge in [-0.25, -0.2) is 0 Å². The van der Waals surface area contributed by atoms with Crippen LogP contribution >= 0.6 is 11.3 Å². The molecular weight excluding hydrogens is 324 g/mol. The lowest BCUT2D eigenvalue weighted by Crippen LogP contribution is -2.21. The molecule has 5 nitrogen and oxygen atoms in total. The number of H-pyrrole nitrogens is 1. The molecule has 6 heteroatoms. The van der Waals surface area contributed by atoms with E-state index in [0.717, 1.165) is 21.4 Å². The van der Waals surface area contributed by atoms with E-state index in [2.05, 4.69) is 10.3 Å². The number of aromatic amines is 1. The average Bonchev–Trinajstić information content (AvgIpc) is 3.20. The first kappa shape index (κ1) is 14.7. The third-order valence-electron chi connectivity index (χ3n) is 3.84. The zero-order chi connectivity index (χ0) is 16.7. The summed E-state index contributed by atoms with van der Waals surface area (Å²) in [5.41, 5.74) is 0.593. The zero-order valence-corrected chi connectivity index (χ0v) is 13.7. The minimum absolute atomic E-state index is 0.180. The third-order valence-corrected chi connectivity index (χ3v) is 5.01. The molecule has 0 unspecified atom stereocenters. The molecule has 0 saturated carbocycles. The van der Waals surface area contributed by atoms with Crippen molar-refractivity contribution < 1.29 is 9.21 Å². The van der Waals surface area contributed by atoms with Gasteiger partial charge in [0.05, 0.1) is 16.8 Å². The molecule has 0 atom stereocenters. The monoisotopic (exact) mass is 338 g/mol. The van der Waals surface area contributed by atoms with Gasteiger partial charge in [0, 0.05) is 15.6 Å². The summed E-state index contributed by atoms with van der Waals surface area (Å²) in [5.74, 6) is 1.29. The lowest BCUT2D eigenvalue weighted by Gasteiger charge is -2.00. The summed E-state index contributed by atoms with van der Waals surface area (Å²) < 4.78 is 6.27. The summed E-state index contributed by atoms with van der Waals surface area (Å²) in [7, 11) is 0. The maximum atomic E-state index is 12.4. The molecule has 24 heavy (non-hydrogen) atoms. The number of aromatic nitrogens is 1. The number of carbonyl (C=O) groups is 1. The van der Waals surface area contributed by atoms with Gasteiger partial charge in [0.2, 0.25) is 0 Å². The van der Waals surface area contributed by atoms with E-state index in [1.54, 1.807) is 6.07 Å². The smallest absolute Gasteiger partial charge is 0.261 e. The Morgan fingerprint density at radius 3 is 2.83 bits per heavy atom. The Labute approximate surface area is 140 Å². The summed E-state index contributed by atoms with van der Waals surface area (Å²) in [6, 6.07) is 12.9. The van der Waals surface area contributed by atoms with E-state index < -0.39 is 0 Å². The number of fused-ring (bicyclic) bond motifs is 3. The molecule has 0 saturated heterocycles. The van der Waals surface area contributed by atoms with Crippen molar-refractivity contribution in [3.8, 4) is 0 Å². The van der Waals surface area contributed by atoms with Crippen LogP contribution in [0, 0.1) is 6.92 Å². The van der Waals surface area contributed by atoms with Crippen molar-refractivity contribution in [1.29, 1.82) is 0 Å². The van der Waals surface area contributed by atoms with Gasteiger partial charge in [0.1, 0.15) is 11.5 Å². The van der Waals surface area contributed by atoms with Crippen molar-refractivity contribution in [3.05, 3.63) is 69.2 Å². The van der Waals surface area contributed by atoms with Crippen LogP contribution in [0.1, 0.15) is 21.2 Å². The predicted molar refractivity (Wildman–Crippen MR) is 94.6 cm³/mol. The second-order valence-electron chi connectivity index (χ2n) is 5.55. The largest absolute Gasteiger partial charge is 0.465 e. The van der Waals surface area contributed by atoms with Crippen LogP contribution in [-0.2, 0) is 6.54 Å². The van der Waals surface area contributed by atoms with Gasteiger partial charge in [-0.05, 0) is 31.2 Å². The van der Waals surface area contributed by atoms with Gasteiger partial charge in [-0.2, -0.15) is 0 Å². The van der Waals surface area contributed by atoms with Crippen LogP contribution in [0.15, 0.2) is 51.7 Å². The number of rotatable bonds is 3. The van der Waals surface area contributed by atoms with E-state index >= 15 is 0 Å². The van der Waals surface area contributed by atoms with E-state index in [4.69, 9.17) is 4.42 Å². The number of carbonyl (C=O) groups excluding carboxylic acids is 1. The van der Waals surface area contributed by atoms with Crippen molar-refractivity contribution in [2.24, 2.45) is 0 Å². The first-order valence-corrected chi connectivity index (χ1v) is 8.31. The van der Waals surface area contributed by atoms with Crippen LogP contribution in [0.25, 0.3) is 21.0 Å². The number of para-hydroxylation sites is 1. The fourth-order valence-corrected chi connectivity index (χ4v) is 3.80. The van der Waals surface area contributed by atoms with Gasteiger partial charge in [0.15, 0.2) is 0 Å². The highest BCUT2D eigenvalue weighted by Gasteiger charge is 2.14. The SMILES string of the molecule is Cc1ccc(CNC(=O)c2cc3c(=O)[nH]c4ccccc4c3s2)o1. The third kappa shape index (κ3) is 2.51. The first-order valence-electron chi connectivity index (χ1n) is 7.50. The van der Waals surface area contributed by atoms with E-state index in [-0.39, 0.29) is 11.5 Å². The predicted octanol–water partition coefficient (Wildman–Crippen LogP) is 3.57. The molecule has 0 spiro atoms. The summed E-state index contributed by atoms with van der Waals surface area (Å²) in [6.07, 6.45) is 0. The van der Waals surface area contributed by atoms with Crippen LogP contribution in [0.4, 0.5) is 0 Å². The number of amides is 1. The normalized spacial score (nSPS) is 11.2. The fraction of sp³-hybridized carbons (Fsp3) is 0.111. The molecule has 0 aliphatic heterocycles. The lowest BCUT2D eigenvalue weighted by atomic mass is 10.2. The maximum Gasteiger partial charge on any atom is 0.261 e. The van der Waals surface area contributed by atoms with Crippen LogP contribution in [-0.4, -0.2) is 10.9 Å². The molecule has 0 aliphatic rings. The molecule has 3 heterocycles. The van der Waals surface area contributed by atoms with E-state index in [1.807, 2.05) is 43.3 Å². The van der Waals surface area contributed by atoms with Crippen LogP contribution in [0.2, 0.25) is 0 Å². The molecule has 4 aromatic rings. The lowest BCUT2D eigenvalue weighted by molar-refractivity contribution is 0.0952. The number of hydrogen-bond donors (Lipinski definition) is 2. The summed E-state index contributed by atoms with van der Waals surface area (Å²) >= 11 is 1.33. The first-order chi connectivity index (χ1) is 11.6. The van der Waals surface area contributed by atoms with Gasteiger partial charge in [-0.3, -0.25) is 9.59 Å². The minimum atomic E-state index is -0.214. The van der Waals surface area contributed by atoms with Gasteiger partial charge >= 0.3 is 0 Å². The fourth-order valence-electron chi connectivity index (χ4n) is 2.69. The molecule has 0 fully saturated rings. The van der Waals surface area contributed by atoms with Gasteiger partial charge < -0.3 is 14.7 Å². The zero-order valence-electron chi connectivity index (χ0n) is 12.9. The van der Waals surface area contributed by atoms with E-state index in [1.165, 1.54) is 11.3 Å². The van der Waals surface area contributed by atoms with Crippen LogP contribution in [0.3, 0.4) is 0 Å². The second kappa shape index (κ2) is 5.65. The topological polar surface area (TPSA) is 75.1 Å². The number of nitrogens with one attached hydrogen (secondary N) is 2. The number of hydrogen-bond acceptors (Lipinski definition) is 4. The number of aryl methyl sites for hydroxylation is 1. The Kier molecular flexibility index (Phi) is 3.46. The highest BCUT2D eigenvalue weighted by atomic mass is 32.1. The standard InChI is InChI=1S/C18H14N2O3S/c1-10-6-7-11(23-10)9-19-18(22)15-8-13-16(24-15)12-4-2-3-5-14(12)20-17(13)21/h2-8H,9H2,1H3,(H,19,22)(H,20,21). The Hall–Kier alpha value is -2.86. The highest BCUT2D eigenvalue weighted by Crippen LogP contribution is 2.29. The van der Waals surface area contributed by atoms with Crippen molar-refractivity contribution in [2.75, 3.05) is 0 Å². The van der Waals surface area contributed by atoms with Crippen molar-refractivity contribution >= 4 is 38.2 Å². The van der Waals surface area contributed by atoms with Crippen molar-refractivity contribution in [3.63, 3.8) is 0 Å². The Bertz CT molecular complexity index is 1120. The molecule has 4 rings (SSSR count). The van der Waals surface area contributed by atoms with Crippen molar-refractivity contribution in [2.45, 2.75) is 13.5 Å². The quantitative estimate of drug-likeness (QED) is 0.599. The van der Waals surface area contributed by atoms with Crippen LogP contribution < -0.4 is 10.9 Å². The Morgan fingerprint density at radius 1 is 1.21 bits per heavy atom. The number of thiophene rings is 1. The highest BCUT2D eigenvalue weighted by molar-refractivity contribution is 7.21. The van der Waals surface area contributed by atoms with Gasteiger partial charge in [0.25, 0.3) is 11.5 Å². The molecule has 1 amide bonds. The minimum Gasteiger partial charge on any atom is -0.465 e. The average molecular weight is 338 g/mol. The summed E-state index contributed by atoms with van der Waals surface area (Å²) in [6.45, 7) is 2.17. The summed E-state index contributed by atoms with van der Waals surface area (Å²) in [4.78, 5) is 28.0. The molecule has 1 aromatic carbocycles. The molecule has 0 bridgehead atoms. The molecule has 0 radical (unpaired) electrons. The molecular formula is C18H14N2O3S. The summed E-state index contributed by atoms with van der Waals surface area (Å²) in [5, 5.41) is 4.30. The van der Waals surface area contributed by atoms with E-state index in [0.29, 0.717) is 22.6 Å². The van der Waals surface area contributed by atoms with Gasteiger partial charge in [-0.15, -0.1) is 11.3 Å². The number of pyridine rings is 1. The van der Waals surface area contributed by atoms with Crippen molar-refractivity contribution in [1.82, 2.24) is 10.3 Å². The number of benzene rings is 1. The molecule has 2 N–H and O–H groups in total. The Balaban J connectivity index is 1.69. The molecule has 120 valence electrons.